The molecule has 0 aromatic carbocycles. The summed E-state index contributed by atoms with van der Waals surface area (Å²) in [5.41, 5.74) is 0. The predicted octanol–water partition coefficient (Wildman–Crippen LogP) is 12.2. The number of carbonyl (C=O) groups excluding carboxylic acids is 1. The summed E-state index contributed by atoms with van der Waals surface area (Å²) >= 11 is 0. The molecule has 290 valence electrons. The minimum absolute atomic E-state index is 0.00963. The van der Waals surface area contributed by atoms with Crippen LogP contribution < -0.4 is 5.32 Å². The molecular formula is C44H85NO4. The van der Waals surface area contributed by atoms with Crippen LogP contribution in [0.4, 0.5) is 0 Å². The van der Waals surface area contributed by atoms with E-state index >= 15 is 0 Å². The molecule has 5 heteroatoms. The number of allylic oxidation sites excluding steroid dienone is 3. The fourth-order valence-corrected chi connectivity index (χ4v) is 6.65. The Morgan fingerprint density at radius 3 is 1.31 bits per heavy atom. The Kier molecular flexibility index (Phi) is 38.7. The Morgan fingerprint density at radius 2 is 0.878 bits per heavy atom. The minimum atomic E-state index is -0.947. The molecular weight excluding hydrogens is 606 g/mol. The monoisotopic (exact) mass is 692 g/mol. The van der Waals surface area contributed by atoms with Crippen molar-refractivity contribution in [2.24, 2.45) is 0 Å². The lowest BCUT2D eigenvalue weighted by Gasteiger charge is -2.21. The van der Waals surface area contributed by atoms with Gasteiger partial charge in [0.05, 0.1) is 31.3 Å². The number of carbonyl (C=O) groups is 1. The maximum atomic E-state index is 12.4. The minimum Gasteiger partial charge on any atom is -0.394 e. The van der Waals surface area contributed by atoms with Gasteiger partial charge < -0.3 is 20.6 Å². The molecule has 0 heterocycles. The number of aliphatic hydroxyl groups is 3. The third-order valence-electron chi connectivity index (χ3n) is 9.99. The zero-order valence-electron chi connectivity index (χ0n) is 32.8. The van der Waals surface area contributed by atoms with E-state index in [-0.39, 0.29) is 18.9 Å². The molecule has 0 aromatic rings. The average molecular weight is 692 g/mol. The van der Waals surface area contributed by atoms with E-state index < -0.39 is 18.2 Å². The van der Waals surface area contributed by atoms with Gasteiger partial charge in [-0.1, -0.05) is 212 Å². The summed E-state index contributed by atoms with van der Waals surface area (Å²) in [7, 11) is 0. The molecule has 0 fully saturated rings. The zero-order valence-corrected chi connectivity index (χ0v) is 32.8. The van der Waals surface area contributed by atoms with Gasteiger partial charge >= 0.3 is 0 Å². The highest BCUT2D eigenvalue weighted by atomic mass is 16.3. The lowest BCUT2D eigenvalue weighted by molar-refractivity contribution is -0.124. The predicted molar refractivity (Wildman–Crippen MR) is 213 cm³/mol. The van der Waals surface area contributed by atoms with Gasteiger partial charge in [-0.05, 0) is 32.1 Å². The van der Waals surface area contributed by atoms with Crippen molar-refractivity contribution in [2.45, 2.75) is 244 Å². The molecule has 4 N–H and O–H groups in total. The largest absolute Gasteiger partial charge is 0.394 e. The van der Waals surface area contributed by atoms with Gasteiger partial charge in [0, 0.05) is 0 Å². The van der Waals surface area contributed by atoms with E-state index in [1.807, 2.05) is 6.08 Å². The lowest BCUT2D eigenvalue weighted by Crippen LogP contribution is -2.45. The van der Waals surface area contributed by atoms with Crippen LogP contribution in [0.25, 0.3) is 0 Å². The third kappa shape index (κ3) is 36.4. The second-order valence-corrected chi connectivity index (χ2v) is 15.0. The van der Waals surface area contributed by atoms with Crippen molar-refractivity contribution >= 4 is 5.91 Å². The van der Waals surface area contributed by atoms with Crippen LogP contribution in [0, 0.1) is 0 Å². The van der Waals surface area contributed by atoms with Crippen LogP contribution in [0.3, 0.4) is 0 Å². The molecule has 0 aliphatic rings. The summed E-state index contributed by atoms with van der Waals surface area (Å²) in [5.74, 6) is -0.323. The second-order valence-electron chi connectivity index (χ2n) is 15.0. The van der Waals surface area contributed by atoms with Crippen molar-refractivity contribution in [3.63, 3.8) is 0 Å². The Bertz CT molecular complexity index is 724. The molecule has 0 aliphatic heterocycles. The first-order valence-electron chi connectivity index (χ1n) is 21.6. The maximum Gasteiger partial charge on any atom is 0.222 e. The van der Waals surface area contributed by atoms with E-state index in [0.717, 1.165) is 32.1 Å². The molecule has 3 unspecified atom stereocenters. The van der Waals surface area contributed by atoms with Crippen molar-refractivity contribution in [1.82, 2.24) is 5.32 Å². The van der Waals surface area contributed by atoms with Crippen LogP contribution >= 0.6 is 0 Å². The molecule has 0 rings (SSSR count). The summed E-state index contributed by atoms with van der Waals surface area (Å²) < 4.78 is 0. The molecule has 0 aromatic heterocycles. The van der Waals surface area contributed by atoms with E-state index in [9.17, 15) is 20.1 Å². The molecule has 0 saturated carbocycles. The van der Waals surface area contributed by atoms with E-state index in [0.29, 0.717) is 6.42 Å². The van der Waals surface area contributed by atoms with Gasteiger partial charge in [0.15, 0.2) is 0 Å². The van der Waals surface area contributed by atoms with Crippen LogP contribution in [0.2, 0.25) is 0 Å². The smallest absolute Gasteiger partial charge is 0.222 e. The molecule has 49 heavy (non-hydrogen) atoms. The number of unbranched alkanes of at least 4 members (excludes halogenated alkanes) is 28. The molecule has 0 saturated heterocycles. The van der Waals surface area contributed by atoms with Crippen molar-refractivity contribution < 1.29 is 20.1 Å². The van der Waals surface area contributed by atoms with Crippen molar-refractivity contribution in [1.29, 1.82) is 0 Å². The topological polar surface area (TPSA) is 89.8 Å². The molecule has 1 amide bonds. The summed E-state index contributed by atoms with van der Waals surface area (Å²) in [5, 5.41) is 33.1. The molecule has 0 spiro atoms. The molecule has 0 aliphatic carbocycles. The fraction of sp³-hybridized carbons (Fsp3) is 0.886. The SMILES string of the molecule is CCCCCCCCCC/C=C/CC/C=C/C(O)C(CO)NC(=O)CC(O)CCCCCCCCCCCCCCCCCCCCCC. The number of nitrogens with one attached hydrogen (secondary N) is 1. The van der Waals surface area contributed by atoms with Crippen LogP contribution in [0.15, 0.2) is 24.3 Å². The van der Waals surface area contributed by atoms with Gasteiger partial charge in [-0.15, -0.1) is 0 Å². The Labute approximate surface area is 305 Å². The van der Waals surface area contributed by atoms with Crippen molar-refractivity contribution in [2.75, 3.05) is 6.61 Å². The van der Waals surface area contributed by atoms with Gasteiger partial charge in [0.1, 0.15) is 0 Å². The summed E-state index contributed by atoms with van der Waals surface area (Å²) in [6, 6.07) is -0.756. The number of hydrogen-bond acceptors (Lipinski definition) is 4. The van der Waals surface area contributed by atoms with Gasteiger partial charge in [-0.3, -0.25) is 4.79 Å². The first kappa shape index (κ1) is 47.8. The summed E-state index contributed by atoms with van der Waals surface area (Å²) in [6.07, 6.45) is 47.5. The number of rotatable bonds is 39. The summed E-state index contributed by atoms with van der Waals surface area (Å²) in [6.45, 7) is 4.20. The van der Waals surface area contributed by atoms with E-state index in [4.69, 9.17) is 0 Å². The van der Waals surface area contributed by atoms with E-state index in [1.54, 1.807) is 6.08 Å². The summed E-state index contributed by atoms with van der Waals surface area (Å²) in [4.78, 5) is 12.4. The van der Waals surface area contributed by atoms with Crippen LogP contribution in [-0.2, 0) is 4.79 Å². The van der Waals surface area contributed by atoms with E-state index in [1.165, 1.54) is 167 Å². The van der Waals surface area contributed by atoms with Gasteiger partial charge in [0.25, 0.3) is 0 Å². The van der Waals surface area contributed by atoms with Crippen LogP contribution in [0.1, 0.15) is 226 Å². The quantitative estimate of drug-likeness (QED) is 0.0381. The molecule has 3 atom stereocenters. The van der Waals surface area contributed by atoms with Gasteiger partial charge in [-0.25, -0.2) is 0 Å². The Balaban J connectivity index is 3.66. The first-order chi connectivity index (χ1) is 24.0. The Hall–Kier alpha value is -1.17. The van der Waals surface area contributed by atoms with E-state index in [2.05, 4.69) is 31.3 Å². The number of hydrogen-bond donors (Lipinski definition) is 4. The van der Waals surface area contributed by atoms with Crippen molar-refractivity contribution in [3.05, 3.63) is 24.3 Å². The molecule has 0 radical (unpaired) electrons. The molecule has 5 nitrogen and oxygen atoms in total. The van der Waals surface area contributed by atoms with Gasteiger partial charge in [-0.2, -0.15) is 0 Å². The van der Waals surface area contributed by atoms with Crippen LogP contribution in [0.5, 0.6) is 0 Å². The first-order valence-corrected chi connectivity index (χ1v) is 21.6. The third-order valence-corrected chi connectivity index (χ3v) is 9.99. The normalized spacial score (nSPS) is 13.8. The average Bonchev–Trinajstić information content (AvgIpc) is 3.09. The highest BCUT2D eigenvalue weighted by Gasteiger charge is 2.20. The maximum absolute atomic E-state index is 12.4. The van der Waals surface area contributed by atoms with Gasteiger partial charge in [0.2, 0.25) is 5.91 Å². The fourth-order valence-electron chi connectivity index (χ4n) is 6.65. The lowest BCUT2D eigenvalue weighted by atomic mass is 10.0. The number of amides is 1. The Morgan fingerprint density at radius 1 is 0.510 bits per heavy atom. The number of aliphatic hydroxyl groups excluding tert-OH is 3. The van der Waals surface area contributed by atoms with Crippen molar-refractivity contribution in [3.8, 4) is 0 Å². The second kappa shape index (κ2) is 39.6. The highest BCUT2D eigenvalue weighted by molar-refractivity contribution is 5.76. The zero-order chi connectivity index (χ0) is 35.9. The standard InChI is InChI=1S/C44H85NO4/c1-3-5-7-9-11-13-15-17-19-20-21-22-23-24-25-27-29-31-33-35-37-41(47)39-44(49)45-42(40-46)43(48)38-36-34-32-30-28-26-18-16-14-12-10-8-6-4-2/h28,30,36,38,41-43,46-48H,3-27,29,31-35,37,39-40H2,1-2H3,(H,45,49)/b30-28+,38-36+. The highest BCUT2D eigenvalue weighted by Crippen LogP contribution is 2.16. The molecule has 0 bridgehead atoms. The van der Waals surface area contributed by atoms with Crippen LogP contribution in [-0.4, -0.2) is 46.1 Å².